The first-order chi connectivity index (χ1) is 7.52. The highest BCUT2D eigenvalue weighted by molar-refractivity contribution is 6.50. The lowest BCUT2D eigenvalue weighted by Crippen LogP contribution is -2.57. The van der Waals surface area contributed by atoms with Gasteiger partial charge >= 0.3 is 7.12 Å². The summed E-state index contributed by atoms with van der Waals surface area (Å²) in [6.07, 6.45) is 0. The molecule has 17 heavy (non-hydrogen) atoms. The maximum atomic E-state index is 14.4. The first-order valence-electron chi connectivity index (χ1n) is 5.65. The standard InChI is InChI=1S/C10H17BF3NO2/c1-7(2)8(3,4)17-11(16-7)9(12)5-15-6-10(9,13)14/h15H,5-6H2,1-4H3. The van der Waals surface area contributed by atoms with Gasteiger partial charge in [-0.05, 0) is 27.7 Å². The van der Waals surface area contributed by atoms with Crippen LogP contribution in [0.3, 0.4) is 0 Å². The third-order valence-electron chi connectivity index (χ3n) is 3.96. The van der Waals surface area contributed by atoms with Crippen LogP contribution < -0.4 is 5.32 Å². The number of nitrogens with one attached hydrogen (secondary N) is 1. The van der Waals surface area contributed by atoms with Gasteiger partial charge < -0.3 is 14.6 Å². The van der Waals surface area contributed by atoms with Crippen LogP contribution in [0.5, 0.6) is 0 Å². The van der Waals surface area contributed by atoms with Gasteiger partial charge in [-0.25, -0.2) is 13.2 Å². The first kappa shape index (κ1) is 13.2. The van der Waals surface area contributed by atoms with Gasteiger partial charge in [0.05, 0.1) is 17.7 Å². The molecule has 2 aliphatic rings. The molecule has 7 heteroatoms. The Kier molecular flexibility index (Phi) is 2.63. The SMILES string of the molecule is CC1(C)OB(C2(F)CNCC2(F)F)OC1(C)C. The monoisotopic (exact) mass is 251 g/mol. The van der Waals surface area contributed by atoms with E-state index in [0.717, 1.165) is 0 Å². The fourth-order valence-electron chi connectivity index (χ4n) is 1.96. The molecule has 0 aromatic heterocycles. The quantitative estimate of drug-likeness (QED) is 0.717. The number of alkyl halides is 3. The molecule has 2 saturated heterocycles. The summed E-state index contributed by atoms with van der Waals surface area (Å²) in [5, 5.41) is 2.35. The lowest BCUT2D eigenvalue weighted by Gasteiger charge is -2.32. The van der Waals surface area contributed by atoms with E-state index < -0.39 is 42.9 Å². The van der Waals surface area contributed by atoms with E-state index in [2.05, 4.69) is 5.32 Å². The predicted molar refractivity (Wildman–Crippen MR) is 57.7 cm³/mol. The molecular formula is C10H17BF3NO2. The molecule has 2 aliphatic heterocycles. The molecule has 0 spiro atoms. The Morgan fingerprint density at radius 3 is 1.76 bits per heavy atom. The van der Waals surface area contributed by atoms with Gasteiger partial charge in [-0.2, -0.15) is 0 Å². The van der Waals surface area contributed by atoms with Crippen molar-refractivity contribution in [3.8, 4) is 0 Å². The topological polar surface area (TPSA) is 30.5 Å². The normalized spacial score (nSPS) is 38.6. The molecule has 0 aliphatic carbocycles. The van der Waals surface area contributed by atoms with Gasteiger partial charge in [0.2, 0.25) is 5.57 Å². The zero-order valence-corrected chi connectivity index (χ0v) is 10.4. The molecule has 3 nitrogen and oxygen atoms in total. The van der Waals surface area contributed by atoms with Crippen molar-refractivity contribution in [2.24, 2.45) is 0 Å². The zero-order chi connectivity index (χ0) is 13.1. The Bertz CT molecular complexity index is 322. The van der Waals surface area contributed by atoms with Crippen LogP contribution in [0.2, 0.25) is 0 Å². The van der Waals surface area contributed by atoms with Gasteiger partial charge in [0, 0.05) is 6.54 Å². The lowest BCUT2D eigenvalue weighted by molar-refractivity contribution is -0.0747. The zero-order valence-electron chi connectivity index (χ0n) is 10.4. The van der Waals surface area contributed by atoms with Crippen molar-refractivity contribution in [2.75, 3.05) is 13.1 Å². The minimum atomic E-state index is -3.48. The number of rotatable bonds is 1. The van der Waals surface area contributed by atoms with Crippen molar-refractivity contribution < 1.29 is 22.5 Å². The maximum Gasteiger partial charge on any atom is 0.505 e. The van der Waals surface area contributed by atoms with Crippen molar-refractivity contribution in [1.29, 1.82) is 0 Å². The van der Waals surface area contributed by atoms with Crippen LogP contribution in [0.1, 0.15) is 27.7 Å². The molecule has 2 fully saturated rings. The summed E-state index contributed by atoms with van der Waals surface area (Å²) in [7, 11) is -1.54. The van der Waals surface area contributed by atoms with Crippen LogP contribution in [-0.4, -0.2) is 42.9 Å². The van der Waals surface area contributed by atoms with E-state index in [4.69, 9.17) is 9.31 Å². The predicted octanol–water partition coefficient (Wildman–Crippen LogP) is 1.56. The molecule has 0 saturated carbocycles. The van der Waals surface area contributed by atoms with Crippen LogP contribution in [0.4, 0.5) is 13.2 Å². The van der Waals surface area contributed by atoms with Gasteiger partial charge in [0.15, 0.2) is 0 Å². The van der Waals surface area contributed by atoms with Gasteiger partial charge in [-0.15, -0.1) is 0 Å². The van der Waals surface area contributed by atoms with Gasteiger partial charge in [0.25, 0.3) is 5.92 Å². The van der Waals surface area contributed by atoms with Crippen LogP contribution in [0.25, 0.3) is 0 Å². The summed E-state index contributed by atoms with van der Waals surface area (Å²) in [5.74, 6) is -3.48. The Morgan fingerprint density at radius 2 is 1.41 bits per heavy atom. The van der Waals surface area contributed by atoms with Crippen molar-refractivity contribution in [3.63, 3.8) is 0 Å². The average Bonchev–Trinajstić information content (AvgIpc) is 2.50. The highest BCUT2D eigenvalue weighted by Crippen LogP contribution is 2.46. The molecule has 1 N–H and O–H groups in total. The summed E-state index contributed by atoms with van der Waals surface area (Å²) in [4.78, 5) is 0. The van der Waals surface area contributed by atoms with E-state index in [1.165, 1.54) is 0 Å². The smallest absolute Gasteiger partial charge is 0.401 e. The van der Waals surface area contributed by atoms with Crippen LogP contribution in [0.15, 0.2) is 0 Å². The van der Waals surface area contributed by atoms with Gasteiger partial charge in [0.1, 0.15) is 0 Å². The van der Waals surface area contributed by atoms with E-state index in [1.807, 2.05) is 0 Å². The first-order valence-corrected chi connectivity index (χ1v) is 5.65. The minimum Gasteiger partial charge on any atom is -0.401 e. The number of hydrogen-bond donors (Lipinski definition) is 1. The van der Waals surface area contributed by atoms with Gasteiger partial charge in [-0.3, -0.25) is 0 Å². The highest BCUT2D eigenvalue weighted by atomic mass is 19.3. The maximum absolute atomic E-state index is 14.4. The Hall–Kier alpha value is -0.265. The Labute approximate surface area is 99.2 Å². The van der Waals surface area contributed by atoms with Crippen molar-refractivity contribution >= 4 is 7.12 Å². The molecule has 98 valence electrons. The van der Waals surface area contributed by atoms with Crippen LogP contribution >= 0.6 is 0 Å². The largest absolute Gasteiger partial charge is 0.505 e. The number of halogens is 3. The third kappa shape index (κ3) is 1.70. The molecule has 0 amide bonds. The van der Waals surface area contributed by atoms with E-state index in [9.17, 15) is 13.2 Å². The lowest BCUT2D eigenvalue weighted by atomic mass is 9.66. The van der Waals surface area contributed by atoms with E-state index in [1.54, 1.807) is 27.7 Å². The molecule has 1 atom stereocenters. The molecule has 0 radical (unpaired) electrons. The molecule has 0 aromatic rings. The van der Waals surface area contributed by atoms with Crippen LogP contribution in [0, 0.1) is 0 Å². The second kappa shape index (κ2) is 3.39. The summed E-state index contributed by atoms with van der Waals surface area (Å²) in [5.41, 5.74) is -4.43. The molecule has 2 heterocycles. The van der Waals surface area contributed by atoms with Crippen molar-refractivity contribution in [3.05, 3.63) is 0 Å². The summed E-state index contributed by atoms with van der Waals surface area (Å²) in [6, 6.07) is 0. The average molecular weight is 251 g/mol. The molecule has 1 unspecified atom stereocenters. The Balaban J connectivity index is 2.27. The highest BCUT2D eigenvalue weighted by Gasteiger charge is 2.72. The second-order valence-corrected chi connectivity index (χ2v) is 5.76. The fraction of sp³-hybridized carbons (Fsp3) is 1.00. The summed E-state index contributed by atoms with van der Waals surface area (Å²) < 4.78 is 52.3. The molecular weight excluding hydrogens is 234 g/mol. The molecule has 2 rings (SSSR count). The second-order valence-electron chi connectivity index (χ2n) is 5.76. The molecule has 0 aromatic carbocycles. The number of hydrogen-bond acceptors (Lipinski definition) is 3. The third-order valence-corrected chi connectivity index (χ3v) is 3.96. The Morgan fingerprint density at radius 1 is 0.941 bits per heavy atom. The van der Waals surface area contributed by atoms with Crippen LogP contribution in [-0.2, 0) is 9.31 Å². The van der Waals surface area contributed by atoms with Crippen molar-refractivity contribution in [2.45, 2.75) is 50.4 Å². The molecule has 0 bridgehead atoms. The fourth-order valence-corrected chi connectivity index (χ4v) is 1.96. The summed E-state index contributed by atoms with van der Waals surface area (Å²) in [6.45, 7) is 5.67. The van der Waals surface area contributed by atoms with E-state index in [0.29, 0.717) is 0 Å². The van der Waals surface area contributed by atoms with E-state index in [-0.39, 0.29) is 0 Å². The van der Waals surface area contributed by atoms with Crippen molar-refractivity contribution in [1.82, 2.24) is 5.32 Å². The summed E-state index contributed by atoms with van der Waals surface area (Å²) >= 11 is 0. The van der Waals surface area contributed by atoms with Gasteiger partial charge in [-0.1, -0.05) is 0 Å². The minimum absolute atomic E-state index is 0.461. The van der Waals surface area contributed by atoms with E-state index >= 15 is 0 Å².